The number of carbonyl (C=O) groups excluding carboxylic acids is 4. The molecule has 1 aliphatic heterocycles. The van der Waals surface area contributed by atoms with Crippen LogP contribution in [0.3, 0.4) is 0 Å². The fraction of sp³-hybridized carbons (Fsp3) is 0.462. The highest BCUT2D eigenvalue weighted by Gasteiger charge is 2.43. The molecule has 4 amide bonds. The average molecular weight is 497 g/mol. The monoisotopic (exact) mass is 496 g/mol. The van der Waals surface area contributed by atoms with Gasteiger partial charge in [-0.3, -0.25) is 19.2 Å². The second kappa shape index (κ2) is 10.2. The number of amides is 4. The summed E-state index contributed by atoms with van der Waals surface area (Å²) in [4.78, 5) is 57.3. The van der Waals surface area contributed by atoms with Crippen LogP contribution in [0, 0.1) is 5.92 Å². The van der Waals surface area contributed by atoms with Gasteiger partial charge in [-0.15, -0.1) is 11.3 Å². The molecule has 0 saturated heterocycles. The third kappa shape index (κ3) is 5.24. The number of para-hydroxylation sites is 2. The predicted molar refractivity (Wildman–Crippen MR) is 136 cm³/mol. The Hall–Kier alpha value is -3.20. The van der Waals surface area contributed by atoms with Crippen LogP contribution in [0.1, 0.15) is 57.9 Å². The van der Waals surface area contributed by atoms with Crippen molar-refractivity contribution in [3.8, 4) is 0 Å². The Morgan fingerprint density at radius 2 is 1.51 bits per heavy atom. The molecule has 1 fully saturated rings. The van der Waals surface area contributed by atoms with E-state index in [4.69, 9.17) is 0 Å². The van der Waals surface area contributed by atoms with Crippen LogP contribution >= 0.6 is 11.3 Å². The Morgan fingerprint density at radius 3 is 1.97 bits per heavy atom. The maximum absolute atomic E-state index is 13.7. The van der Waals surface area contributed by atoms with Gasteiger partial charge in [0.25, 0.3) is 11.8 Å². The van der Waals surface area contributed by atoms with Gasteiger partial charge in [0.1, 0.15) is 6.04 Å². The molecule has 0 radical (unpaired) electrons. The van der Waals surface area contributed by atoms with E-state index in [0.29, 0.717) is 28.6 Å². The van der Waals surface area contributed by atoms with Crippen LogP contribution in [0.5, 0.6) is 0 Å². The molecular formula is C26H32N4O4S. The maximum atomic E-state index is 13.7. The van der Waals surface area contributed by atoms with Gasteiger partial charge in [-0.2, -0.15) is 0 Å². The summed E-state index contributed by atoms with van der Waals surface area (Å²) < 4.78 is 0. The van der Waals surface area contributed by atoms with Crippen LogP contribution in [-0.4, -0.2) is 41.8 Å². The lowest BCUT2D eigenvalue weighted by Crippen LogP contribution is -2.59. The summed E-state index contributed by atoms with van der Waals surface area (Å²) in [5.74, 6) is -1.42. The van der Waals surface area contributed by atoms with E-state index in [9.17, 15) is 19.2 Å². The minimum absolute atomic E-state index is 0.209. The van der Waals surface area contributed by atoms with Crippen molar-refractivity contribution in [1.29, 1.82) is 0 Å². The van der Waals surface area contributed by atoms with Gasteiger partial charge >= 0.3 is 0 Å². The lowest BCUT2D eigenvalue weighted by atomic mass is 10.1. The third-order valence-electron chi connectivity index (χ3n) is 6.26. The van der Waals surface area contributed by atoms with Gasteiger partial charge in [-0.05, 0) is 70.0 Å². The molecule has 2 aromatic rings. The largest absolute Gasteiger partial charge is 0.340 e. The fourth-order valence-corrected chi connectivity index (χ4v) is 5.21. The molecule has 1 saturated carbocycles. The zero-order chi connectivity index (χ0) is 25.3. The van der Waals surface area contributed by atoms with E-state index in [-0.39, 0.29) is 18.0 Å². The van der Waals surface area contributed by atoms with Crippen molar-refractivity contribution in [2.75, 3.05) is 9.80 Å². The van der Waals surface area contributed by atoms with E-state index >= 15 is 0 Å². The van der Waals surface area contributed by atoms with Crippen molar-refractivity contribution in [3.05, 3.63) is 46.7 Å². The number of thiophene rings is 1. The van der Waals surface area contributed by atoms with Gasteiger partial charge in [0.15, 0.2) is 6.04 Å². The smallest absolute Gasteiger partial charge is 0.259 e. The van der Waals surface area contributed by atoms with Crippen LogP contribution in [0.25, 0.3) is 0 Å². The van der Waals surface area contributed by atoms with Gasteiger partial charge in [-0.1, -0.05) is 18.2 Å². The summed E-state index contributed by atoms with van der Waals surface area (Å²) >= 11 is 1.34. The van der Waals surface area contributed by atoms with Gasteiger partial charge in [0.05, 0.1) is 11.4 Å². The van der Waals surface area contributed by atoms with Crippen LogP contribution in [0.2, 0.25) is 0 Å². The van der Waals surface area contributed by atoms with Gasteiger partial charge < -0.3 is 20.4 Å². The summed E-state index contributed by atoms with van der Waals surface area (Å²) in [7, 11) is 0. The van der Waals surface area contributed by atoms with E-state index in [1.807, 2.05) is 57.3 Å². The molecule has 1 unspecified atom stereocenters. The molecule has 35 heavy (non-hydrogen) atoms. The van der Waals surface area contributed by atoms with Crippen molar-refractivity contribution in [1.82, 2.24) is 10.6 Å². The first-order valence-electron chi connectivity index (χ1n) is 12.1. The van der Waals surface area contributed by atoms with Crippen molar-refractivity contribution >= 4 is 46.3 Å². The summed E-state index contributed by atoms with van der Waals surface area (Å²) in [6, 6.07) is 7.96. The Morgan fingerprint density at radius 1 is 0.943 bits per heavy atom. The van der Waals surface area contributed by atoms with E-state index in [0.717, 1.165) is 12.8 Å². The van der Waals surface area contributed by atoms with Gasteiger partial charge in [-0.25, -0.2) is 0 Å². The van der Waals surface area contributed by atoms with Crippen molar-refractivity contribution in [2.24, 2.45) is 5.92 Å². The molecule has 2 aliphatic rings. The van der Waals surface area contributed by atoms with Gasteiger partial charge in [0.2, 0.25) is 11.8 Å². The Labute approximate surface area is 209 Å². The van der Waals surface area contributed by atoms with Crippen LogP contribution in [-0.2, 0) is 19.2 Å². The molecule has 4 rings (SSSR count). The number of hydrogen-bond acceptors (Lipinski definition) is 5. The number of nitrogens with one attached hydrogen (secondary N) is 2. The first-order valence-corrected chi connectivity index (χ1v) is 12.9. The molecule has 8 nitrogen and oxygen atoms in total. The predicted octanol–water partition coefficient (Wildman–Crippen LogP) is 3.39. The molecule has 1 aromatic heterocycles. The van der Waals surface area contributed by atoms with Crippen LogP contribution < -0.4 is 20.4 Å². The zero-order valence-corrected chi connectivity index (χ0v) is 21.3. The highest BCUT2D eigenvalue weighted by molar-refractivity contribution is 7.10. The maximum Gasteiger partial charge on any atom is 0.259 e. The lowest BCUT2D eigenvalue weighted by molar-refractivity contribution is -0.136. The Balaban J connectivity index is 1.66. The molecule has 9 heteroatoms. The second-order valence-electron chi connectivity index (χ2n) is 9.70. The highest BCUT2D eigenvalue weighted by Crippen LogP contribution is 2.36. The van der Waals surface area contributed by atoms with Crippen LogP contribution in [0.4, 0.5) is 11.4 Å². The number of hydrogen-bond donors (Lipinski definition) is 2. The number of fused-ring (bicyclic) bond motifs is 1. The topological polar surface area (TPSA) is 98.8 Å². The summed E-state index contributed by atoms with van der Waals surface area (Å²) in [6.45, 7) is 7.48. The molecule has 2 N–H and O–H groups in total. The van der Waals surface area contributed by atoms with Gasteiger partial charge in [0, 0.05) is 23.4 Å². The number of carbonyl (C=O) groups is 4. The average Bonchev–Trinajstić information content (AvgIpc) is 3.46. The number of benzene rings is 1. The van der Waals surface area contributed by atoms with Crippen molar-refractivity contribution in [2.45, 2.75) is 71.1 Å². The quantitative estimate of drug-likeness (QED) is 0.548. The second-order valence-corrected chi connectivity index (χ2v) is 10.7. The molecular weight excluding hydrogens is 464 g/mol. The lowest BCUT2D eigenvalue weighted by Gasteiger charge is -2.29. The number of nitrogens with zero attached hydrogens (tertiary/aromatic N) is 2. The molecule has 1 atom stereocenters. The fourth-order valence-electron chi connectivity index (χ4n) is 4.43. The van der Waals surface area contributed by atoms with Crippen LogP contribution in [0.15, 0.2) is 41.8 Å². The molecule has 186 valence electrons. The first kappa shape index (κ1) is 24.9. The minimum Gasteiger partial charge on any atom is -0.340 e. The zero-order valence-electron chi connectivity index (χ0n) is 20.5. The van der Waals surface area contributed by atoms with Crippen molar-refractivity contribution in [3.63, 3.8) is 0 Å². The number of anilines is 2. The number of rotatable bonds is 8. The third-order valence-corrected chi connectivity index (χ3v) is 7.19. The molecule has 0 spiro atoms. The summed E-state index contributed by atoms with van der Waals surface area (Å²) in [5, 5.41) is 7.34. The molecule has 0 bridgehead atoms. The van der Waals surface area contributed by atoms with E-state index < -0.39 is 29.8 Å². The summed E-state index contributed by atoms with van der Waals surface area (Å²) in [5.41, 5.74) is 1.25. The van der Waals surface area contributed by atoms with Crippen molar-refractivity contribution < 1.29 is 19.2 Å². The van der Waals surface area contributed by atoms with E-state index in [1.54, 1.807) is 21.9 Å². The molecule has 2 heterocycles. The molecule has 1 aliphatic carbocycles. The normalized spacial score (nSPS) is 17.4. The van der Waals surface area contributed by atoms with E-state index in [2.05, 4.69) is 10.6 Å². The standard InChI is InChI=1S/C26H32N4O4S/c1-15(2)29-18-8-5-6-9-19(18)30(16(3)4)26(34)23(25(29)33)28-24(32)22(20-10-7-13-35-20)27-21(31)14-17-11-12-17/h5-10,13,15-17,22-23H,11-12,14H2,1-4H3,(H,27,31)(H,28,32). The Kier molecular flexibility index (Phi) is 7.25. The first-order chi connectivity index (χ1) is 16.7. The highest BCUT2D eigenvalue weighted by atomic mass is 32.1. The van der Waals surface area contributed by atoms with E-state index in [1.165, 1.54) is 11.3 Å². The minimum atomic E-state index is -1.41. The Bertz CT molecular complexity index is 1060. The SMILES string of the molecule is CC(C)N1C(=O)C(NC(=O)C(NC(=O)CC2CC2)c2cccs2)C(=O)N(C(C)C)c2ccccc21. The molecule has 1 aromatic carbocycles. The summed E-state index contributed by atoms with van der Waals surface area (Å²) in [6.07, 6.45) is 2.41.